The summed E-state index contributed by atoms with van der Waals surface area (Å²) in [6.45, 7) is 6.74. The Morgan fingerprint density at radius 3 is 1.97 bits per heavy atom. The minimum absolute atomic E-state index is 0.0934. The molecule has 0 aromatic rings. The summed E-state index contributed by atoms with van der Waals surface area (Å²) >= 11 is 0. The molecule has 224 valence electrons. The Morgan fingerprint density at radius 1 is 0.872 bits per heavy atom. The van der Waals surface area contributed by atoms with Crippen LogP contribution in [0.1, 0.15) is 60.3 Å². The van der Waals surface area contributed by atoms with Gasteiger partial charge in [-0.05, 0) is 25.8 Å². The summed E-state index contributed by atoms with van der Waals surface area (Å²) < 4.78 is 27.5. The van der Waals surface area contributed by atoms with Crippen molar-refractivity contribution >= 4 is 35.7 Å². The van der Waals surface area contributed by atoms with E-state index >= 15 is 0 Å². The van der Waals surface area contributed by atoms with E-state index in [0.717, 1.165) is 13.8 Å². The van der Waals surface area contributed by atoms with E-state index in [1.807, 2.05) is 0 Å². The number of nitrogens with two attached hydrogens (primary N) is 1. The third kappa shape index (κ3) is 17.0. The number of carbonyl (C=O) groups is 6. The summed E-state index contributed by atoms with van der Waals surface area (Å²) in [5.74, 6) is -3.35. The first-order valence-electron chi connectivity index (χ1n) is 12.5. The Balaban J connectivity index is 0.00000336. The highest BCUT2D eigenvalue weighted by molar-refractivity contribution is 5.75. The van der Waals surface area contributed by atoms with Gasteiger partial charge in [0, 0.05) is 54.2 Å². The van der Waals surface area contributed by atoms with Crippen LogP contribution in [-0.4, -0.2) is 97.7 Å². The molecule has 39 heavy (non-hydrogen) atoms. The zero-order valence-corrected chi connectivity index (χ0v) is 23.1. The molecule has 0 aromatic heterocycles. The number of carbonyl (C=O) groups excluding carboxylic acids is 5. The molecule has 2 amide bonds. The van der Waals surface area contributed by atoms with Crippen molar-refractivity contribution in [2.24, 2.45) is 5.73 Å². The summed E-state index contributed by atoms with van der Waals surface area (Å²) in [7, 11) is 0. The van der Waals surface area contributed by atoms with Crippen LogP contribution in [0.15, 0.2) is 0 Å². The number of carboxylic acid groups (broad SMARTS) is 1. The summed E-state index contributed by atoms with van der Waals surface area (Å²) in [4.78, 5) is 67.6. The van der Waals surface area contributed by atoms with Gasteiger partial charge in [0.05, 0.1) is 0 Å². The molecular formula is C24H41N3O12. The monoisotopic (exact) mass is 563 g/mol. The molecule has 0 radical (unpaired) electrons. The number of aliphatic carboxylic acids is 1. The maximum absolute atomic E-state index is 11.9. The first-order chi connectivity index (χ1) is 18.3. The van der Waals surface area contributed by atoms with Crippen LogP contribution in [0.5, 0.6) is 0 Å². The molecular weight excluding hydrogens is 522 g/mol. The Labute approximate surface area is 227 Å². The molecule has 1 unspecified atom stereocenters. The number of ether oxygens (including phenoxy) is 5. The topological polar surface area (TPSA) is 219 Å². The molecule has 0 aliphatic carbocycles. The van der Waals surface area contributed by atoms with Gasteiger partial charge < -0.3 is 45.2 Å². The van der Waals surface area contributed by atoms with Crippen molar-refractivity contribution in [2.45, 2.75) is 90.9 Å². The highest BCUT2D eigenvalue weighted by Gasteiger charge is 2.51. The number of hydrogen-bond donors (Lipinski definition) is 4. The van der Waals surface area contributed by atoms with E-state index in [1.165, 1.54) is 20.8 Å². The predicted molar refractivity (Wildman–Crippen MR) is 134 cm³/mol. The van der Waals surface area contributed by atoms with Crippen molar-refractivity contribution in [1.82, 2.24) is 10.6 Å². The van der Waals surface area contributed by atoms with E-state index in [2.05, 4.69) is 10.6 Å². The van der Waals surface area contributed by atoms with Crippen molar-refractivity contribution in [1.29, 1.82) is 0 Å². The summed E-state index contributed by atoms with van der Waals surface area (Å²) in [5, 5.41) is 12.8. The highest BCUT2D eigenvalue weighted by Crippen LogP contribution is 2.28. The average Bonchev–Trinajstić information content (AvgIpc) is 2.80. The lowest BCUT2D eigenvalue weighted by molar-refractivity contribution is -0.277. The molecule has 15 heteroatoms. The van der Waals surface area contributed by atoms with Crippen LogP contribution in [-0.2, 0) is 52.5 Å². The maximum atomic E-state index is 11.9. The highest BCUT2D eigenvalue weighted by atomic mass is 16.7. The SMILES string of the molecule is CC(=O)N[C@H]1C(OCCCCC(=O)NCCCN)O[C@H](COC(C)=O)[C@H](OC(C)=O)[C@@H]1OC(C)=O.CC(=O)O. The minimum Gasteiger partial charge on any atom is -0.481 e. The van der Waals surface area contributed by atoms with Crippen molar-refractivity contribution < 1.29 is 57.6 Å². The molecule has 1 heterocycles. The number of esters is 3. The molecule has 0 spiro atoms. The zero-order chi connectivity index (χ0) is 30.0. The van der Waals surface area contributed by atoms with E-state index in [9.17, 15) is 24.0 Å². The van der Waals surface area contributed by atoms with Gasteiger partial charge in [-0.2, -0.15) is 0 Å². The van der Waals surface area contributed by atoms with Crippen molar-refractivity contribution in [3.05, 3.63) is 0 Å². The van der Waals surface area contributed by atoms with Gasteiger partial charge in [0.1, 0.15) is 18.8 Å². The fourth-order valence-corrected chi connectivity index (χ4v) is 3.44. The second-order valence-electron chi connectivity index (χ2n) is 8.56. The number of rotatable bonds is 14. The van der Waals surface area contributed by atoms with E-state index in [1.54, 1.807) is 0 Å². The first-order valence-corrected chi connectivity index (χ1v) is 12.5. The fraction of sp³-hybridized carbons (Fsp3) is 0.750. The standard InChI is InChI=1S/C22H37N3O10.C2H4O2/c1-13(26)25-19-21(34-16(4)29)20(33-15(3)28)17(12-32-14(2)27)35-22(19)31-11-6-5-8-18(30)24-10-7-9-23;1-2(3)4/h17,19-22H,5-12,23H2,1-4H3,(H,24,30)(H,25,26);1H3,(H,3,4)/t17-,19-,20+,21-,22?;/m1./s1. The van der Waals surface area contributed by atoms with Crippen LogP contribution in [0.2, 0.25) is 0 Å². The summed E-state index contributed by atoms with van der Waals surface area (Å²) in [5.41, 5.74) is 5.40. The minimum atomic E-state index is -1.18. The third-order valence-corrected chi connectivity index (χ3v) is 4.85. The third-order valence-electron chi connectivity index (χ3n) is 4.85. The molecule has 0 bridgehead atoms. The lowest BCUT2D eigenvalue weighted by atomic mass is 9.96. The Morgan fingerprint density at radius 2 is 1.46 bits per heavy atom. The number of carboxylic acids is 1. The van der Waals surface area contributed by atoms with E-state index in [4.69, 9.17) is 39.3 Å². The summed E-state index contributed by atoms with van der Waals surface area (Å²) in [6, 6.07) is -1.02. The van der Waals surface area contributed by atoms with E-state index in [-0.39, 0.29) is 19.1 Å². The Kier molecular flexibility index (Phi) is 18.1. The molecule has 15 nitrogen and oxygen atoms in total. The summed E-state index contributed by atoms with van der Waals surface area (Å²) in [6.07, 6.45) is -2.47. The van der Waals surface area contributed by atoms with Gasteiger partial charge in [-0.25, -0.2) is 0 Å². The zero-order valence-electron chi connectivity index (χ0n) is 23.1. The largest absolute Gasteiger partial charge is 0.481 e. The van der Waals surface area contributed by atoms with Gasteiger partial charge in [-0.3, -0.25) is 28.8 Å². The molecule has 5 N–H and O–H groups in total. The fourth-order valence-electron chi connectivity index (χ4n) is 3.44. The lowest BCUT2D eigenvalue weighted by Gasteiger charge is -2.44. The van der Waals surface area contributed by atoms with E-state index in [0.29, 0.717) is 38.8 Å². The van der Waals surface area contributed by atoms with Crippen molar-refractivity contribution in [3.8, 4) is 0 Å². The van der Waals surface area contributed by atoms with E-state index < -0.39 is 60.4 Å². The van der Waals surface area contributed by atoms with Crippen LogP contribution in [0.4, 0.5) is 0 Å². The predicted octanol–water partition coefficient (Wildman–Crippen LogP) is -0.615. The smallest absolute Gasteiger partial charge is 0.303 e. The Hall–Kier alpha value is -3.30. The van der Waals surface area contributed by atoms with Crippen LogP contribution in [0.25, 0.3) is 0 Å². The molecule has 1 fully saturated rings. The van der Waals surface area contributed by atoms with Crippen molar-refractivity contribution in [2.75, 3.05) is 26.3 Å². The van der Waals surface area contributed by atoms with Crippen LogP contribution in [0, 0.1) is 0 Å². The normalized spacial score (nSPS) is 21.8. The quantitative estimate of drug-likeness (QED) is 0.118. The van der Waals surface area contributed by atoms with Crippen LogP contribution < -0.4 is 16.4 Å². The van der Waals surface area contributed by atoms with Crippen LogP contribution in [0.3, 0.4) is 0 Å². The van der Waals surface area contributed by atoms with Crippen LogP contribution >= 0.6 is 0 Å². The van der Waals surface area contributed by atoms with Gasteiger partial charge in [-0.1, -0.05) is 0 Å². The molecule has 0 saturated carbocycles. The van der Waals surface area contributed by atoms with Crippen molar-refractivity contribution in [3.63, 3.8) is 0 Å². The molecule has 1 aliphatic heterocycles. The number of nitrogens with one attached hydrogen (secondary N) is 2. The number of unbranched alkanes of at least 4 members (excludes halogenated alkanes) is 1. The number of hydrogen-bond acceptors (Lipinski definition) is 12. The molecule has 1 aliphatic rings. The van der Waals surface area contributed by atoms with Gasteiger partial charge in [-0.15, -0.1) is 0 Å². The van der Waals surface area contributed by atoms with Gasteiger partial charge >= 0.3 is 17.9 Å². The molecule has 0 aromatic carbocycles. The molecule has 1 saturated heterocycles. The second kappa shape index (κ2) is 19.7. The second-order valence-corrected chi connectivity index (χ2v) is 8.56. The van der Waals surface area contributed by atoms with Gasteiger partial charge in [0.2, 0.25) is 11.8 Å². The first kappa shape index (κ1) is 35.7. The molecule has 1 rings (SSSR count). The number of amides is 2. The van der Waals surface area contributed by atoms with Gasteiger partial charge in [0.25, 0.3) is 5.97 Å². The average molecular weight is 564 g/mol. The molecule has 5 atom stereocenters. The van der Waals surface area contributed by atoms with Gasteiger partial charge in [0.15, 0.2) is 18.5 Å². The Bertz CT molecular complexity index is 818. The lowest BCUT2D eigenvalue weighted by Crippen LogP contribution is -2.66. The maximum Gasteiger partial charge on any atom is 0.303 e.